The number of halogens is 2. The molecule has 0 aliphatic heterocycles. The Morgan fingerprint density at radius 1 is 1.82 bits per heavy atom. The summed E-state index contributed by atoms with van der Waals surface area (Å²) in [6, 6.07) is 1.67. The van der Waals surface area contributed by atoms with Crippen molar-refractivity contribution < 1.29 is 9.53 Å². The predicted octanol–water partition coefficient (Wildman–Crippen LogP) is 2.95. The molecule has 5 heteroatoms. The standard InChI is InChI=1S/C6H4BrClO2S/c1-10-6(9)5-3(7)2-4(8)11-5/h2H,1H3. The van der Waals surface area contributed by atoms with Crippen molar-refractivity contribution in [2.45, 2.75) is 0 Å². The van der Waals surface area contributed by atoms with Gasteiger partial charge in [-0.3, -0.25) is 0 Å². The van der Waals surface area contributed by atoms with Crippen LogP contribution in [0.5, 0.6) is 0 Å². The van der Waals surface area contributed by atoms with Crippen molar-refractivity contribution >= 4 is 44.8 Å². The SMILES string of the molecule is COC(=O)c1sc(Cl)cc1Br. The summed E-state index contributed by atoms with van der Waals surface area (Å²) in [7, 11) is 1.34. The van der Waals surface area contributed by atoms with E-state index in [9.17, 15) is 4.79 Å². The highest BCUT2D eigenvalue weighted by molar-refractivity contribution is 9.10. The molecule has 0 aromatic carbocycles. The van der Waals surface area contributed by atoms with Crippen molar-refractivity contribution in [3.8, 4) is 0 Å². The van der Waals surface area contributed by atoms with E-state index >= 15 is 0 Å². The van der Waals surface area contributed by atoms with Crippen molar-refractivity contribution in [2.24, 2.45) is 0 Å². The number of methoxy groups -OCH3 is 1. The van der Waals surface area contributed by atoms with Crippen molar-refractivity contribution in [1.29, 1.82) is 0 Å². The first-order valence-electron chi connectivity index (χ1n) is 2.68. The fraction of sp³-hybridized carbons (Fsp3) is 0.167. The minimum absolute atomic E-state index is 0.367. The molecule has 0 N–H and O–H groups in total. The van der Waals surface area contributed by atoms with Crippen LogP contribution in [-0.2, 0) is 4.74 Å². The monoisotopic (exact) mass is 254 g/mol. The lowest BCUT2D eigenvalue weighted by Crippen LogP contribution is -1.97. The molecule has 0 aliphatic rings. The molecule has 1 aromatic rings. The van der Waals surface area contributed by atoms with Crippen LogP contribution in [0.4, 0.5) is 0 Å². The molecular weight excluding hydrogens is 251 g/mol. The molecule has 0 saturated heterocycles. The number of thiophene rings is 1. The molecule has 1 rings (SSSR count). The molecule has 0 saturated carbocycles. The van der Waals surface area contributed by atoms with E-state index in [0.717, 1.165) is 0 Å². The van der Waals surface area contributed by atoms with E-state index in [2.05, 4.69) is 20.7 Å². The maximum Gasteiger partial charge on any atom is 0.349 e. The Balaban J connectivity index is 3.03. The van der Waals surface area contributed by atoms with E-state index in [1.807, 2.05) is 0 Å². The smallest absolute Gasteiger partial charge is 0.349 e. The highest BCUT2D eigenvalue weighted by Gasteiger charge is 2.13. The quantitative estimate of drug-likeness (QED) is 0.721. The van der Waals surface area contributed by atoms with Crippen LogP contribution in [0.3, 0.4) is 0 Å². The number of carbonyl (C=O) groups is 1. The van der Waals surface area contributed by atoms with Gasteiger partial charge in [-0.2, -0.15) is 0 Å². The van der Waals surface area contributed by atoms with Gasteiger partial charge in [0.15, 0.2) is 0 Å². The van der Waals surface area contributed by atoms with Gasteiger partial charge in [0.25, 0.3) is 0 Å². The van der Waals surface area contributed by atoms with E-state index < -0.39 is 0 Å². The van der Waals surface area contributed by atoms with Crippen LogP contribution in [-0.4, -0.2) is 13.1 Å². The van der Waals surface area contributed by atoms with Gasteiger partial charge < -0.3 is 4.74 Å². The van der Waals surface area contributed by atoms with E-state index in [-0.39, 0.29) is 5.97 Å². The van der Waals surface area contributed by atoms with Gasteiger partial charge in [-0.1, -0.05) is 11.6 Å². The Morgan fingerprint density at radius 3 is 2.82 bits per heavy atom. The number of hydrogen-bond donors (Lipinski definition) is 0. The van der Waals surface area contributed by atoms with Crippen LogP contribution in [0.25, 0.3) is 0 Å². The summed E-state index contributed by atoms with van der Waals surface area (Å²) >= 11 is 10.0. The average molecular weight is 256 g/mol. The largest absolute Gasteiger partial charge is 0.465 e. The third-order valence-corrected chi connectivity index (χ3v) is 3.16. The molecule has 0 atom stereocenters. The van der Waals surface area contributed by atoms with E-state index in [1.54, 1.807) is 6.07 Å². The second-order valence-corrected chi connectivity index (χ2v) is 4.26. The molecule has 0 amide bonds. The molecule has 11 heavy (non-hydrogen) atoms. The van der Waals surface area contributed by atoms with Crippen LogP contribution in [0.2, 0.25) is 4.34 Å². The first-order valence-corrected chi connectivity index (χ1v) is 4.67. The number of rotatable bonds is 1. The van der Waals surface area contributed by atoms with Crippen LogP contribution in [0.1, 0.15) is 9.67 Å². The number of carbonyl (C=O) groups excluding carboxylic acids is 1. The third kappa shape index (κ3) is 1.95. The lowest BCUT2D eigenvalue weighted by Gasteiger charge is -1.93. The van der Waals surface area contributed by atoms with Gasteiger partial charge in [0.2, 0.25) is 0 Å². The van der Waals surface area contributed by atoms with Crippen LogP contribution >= 0.6 is 38.9 Å². The molecule has 0 fully saturated rings. The van der Waals surface area contributed by atoms with Gasteiger partial charge >= 0.3 is 5.97 Å². The zero-order valence-electron chi connectivity index (χ0n) is 5.56. The van der Waals surface area contributed by atoms with E-state index in [4.69, 9.17) is 11.6 Å². The summed E-state index contributed by atoms with van der Waals surface area (Å²) < 4.78 is 5.76. The molecule has 1 heterocycles. The fourth-order valence-electron chi connectivity index (χ4n) is 0.573. The topological polar surface area (TPSA) is 26.3 Å². The van der Waals surface area contributed by atoms with Gasteiger partial charge in [-0.25, -0.2) is 4.79 Å². The third-order valence-electron chi connectivity index (χ3n) is 1.03. The van der Waals surface area contributed by atoms with Gasteiger partial charge in [-0.05, 0) is 22.0 Å². The lowest BCUT2D eigenvalue weighted by atomic mass is 10.5. The Bertz CT molecular complexity index is 284. The Labute approximate surface area is 81.2 Å². The fourth-order valence-corrected chi connectivity index (χ4v) is 2.53. The van der Waals surface area contributed by atoms with Gasteiger partial charge in [-0.15, -0.1) is 11.3 Å². The van der Waals surface area contributed by atoms with Crippen molar-refractivity contribution in [1.82, 2.24) is 0 Å². The molecule has 0 unspecified atom stereocenters. The second kappa shape index (κ2) is 3.56. The van der Waals surface area contributed by atoms with Crippen LogP contribution in [0.15, 0.2) is 10.5 Å². The Kier molecular flexibility index (Phi) is 2.92. The zero-order valence-corrected chi connectivity index (χ0v) is 8.72. The first-order chi connectivity index (χ1) is 5.15. The van der Waals surface area contributed by atoms with Crippen molar-refractivity contribution in [3.63, 3.8) is 0 Å². The summed E-state index contributed by atoms with van der Waals surface area (Å²) in [6.45, 7) is 0. The summed E-state index contributed by atoms with van der Waals surface area (Å²) in [6.07, 6.45) is 0. The minimum Gasteiger partial charge on any atom is -0.465 e. The lowest BCUT2D eigenvalue weighted by molar-refractivity contribution is 0.0605. The second-order valence-electron chi connectivity index (χ2n) is 1.72. The normalized spacial score (nSPS) is 9.73. The summed E-state index contributed by atoms with van der Waals surface area (Å²) in [5.74, 6) is -0.367. The number of hydrogen-bond acceptors (Lipinski definition) is 3. The van der Waals surface area contributed by atoms with E-state index in [1.165, 1.54) is 18.4 Å². The average Bonchev–Trinajstić information content (AvgIpc) is 2.28. The molecule has 2 nitrogen and oxygen atoms in total. The Hall–Kier alpha value is -0.0600. The van der Waals surface area contributed by atoms with Crippen molar-refractivity contribution in [3.05, 3.63) is 19.8 Å². The molecular formula is C6H4BrClO2S. The van der Waals surface area contributed by atoms with Crippen LogP contribution < -0.4 is 0 Å². The summed E-state index contributed by atoms with van der Waals surface area (Å²) in [4.78, 5) is 11.4. The molecule has 60 valence electrons. The molecule has 0 spiro atoms. The molecule has 1 aromatic heterocycles. The van der Waals surface area contributed by atoms with Crippen LogP contribution in [0, 0.1) is 0 Å². The maximum absolute atomic E-state index is 10.9. The summed E-state index contributed by atoms with van der Waals surface area (Å²) in [5.41, 5.74) is 0. The number of ether oxygens (including phenoxy) is 1. The van der Waals surface area contributed by atoms with Crippen molar-refractivity contribution in [2.75, 3.05) is 7.11 Å². The van der Waals surface area contributed by atoms with Gasteiger partial charge in [0.05, 0.1) is 11.4 Å². The minimum atomic E-state index is -0.367. The maximum atomic E-state index is 10.9. The highest BCUT2D eigenvalue weighted by Crippen LogP contribution is 2.31. The zero-order chi connectivity index (χ0) is 8.43. The summed E-state index contributed by atoms with van der Waals surface area (Å²) in [5, 5.41) is 0. The Morgan fingerprint density at radius 2 is 2.45 bits per heavy atom. The molecule has 0 radical (unpaired) electrons. The molecule has 0 aliphatic carbocycles. The highest BCUT2D eigenvalue weighted by atomic mass is 79.9. The van der Waals surface area contributed by atoms with E-state index in [0.29, 0.717) is 13.7 Å². The first kappa shape index (κ1) is 9.03. The van der Waals surface area contributed by atoms with Gasteiger partial charge in [0, 0.05) is 4.47 Å². The molecule has 0 bridgehead atoms. The van der Waals surface area contributed by atoms with Gasteiger partial charge in [0.1, 0.15) is 4.88 Å². The predicted molar refractivity (Wildman–Crippen MR) is 48.4 cm³/mol. The number of esters is 1.